The molecule has 0 aromatic heterocycles. The number of Topliss-reactive ketones (excluding diaryl/α,β-unsaturated/α-hetero) is 1. The lowest BCUT2D eigenvalue weighted by molar-refractivity contribution is -0.150. The van der Waals surface area contributed by atoms with E-state index >= 15 is 0 Å². The van der Waals surface area contributed by atoms with Crippen LogP contribution in [0.4, 0.5) is 0 Å². The fourth-order valence-corrected chi connectivity index (χ4v) is 2.00. The van der Waals surface area contributed by atoms with Gasteiger partial charge in [0.05, 0.1) is 25.9 Å². The summed E-state index contributed by atoms with van der Waals surface area (Å²) in [4.78, 5) is 45.6. The van der Waals surface area contributed by atoms with Gasteiger partial charge in [0, 0.05) is 24.6 Å². The first-order valence-electron chi connectivity index (χ1n) is 9.76. The van der Waals surface area contributed by atoms with Gasteiger partial charge in [0.25, 0.3) is 0 Å². The van der Waals surface area contributed by atoms with E-state index in [1.807, 2.05) is 0 Å². The van der Waals surface area contributed by atoms with Gasteiger partial charge in [-0.15, -0.1) is 0 Å². The molecule has 0 saturated heterocycles. The highest BCUT2D eigenvalue weighted by Crippen LogP contribution is 2.06. The maximum absolute atomic E-state index is 12.5. The van der Waals surface area contributed by atoms with Crippen LogP contribution in [0.5, 0.6) is 0 Å². The summed E-state index contributed by atoms with van der Waals surface area (Å²) in [5, 5.41) is 29.5. The summed E-state index contributed by atoms with van der Waals surface area (Å²) in [6.45, 7) is 7.24. The van der Waals surface area contributed by atoms with Crippen LogP contribution in [0.1, 0.15) is 6.42 Å². The molecule has 0 heterocycles. The van der Waals surface area contributed by atoms with Crippen molar-refractivity contribution in [2.75, 3.05) is 39.6 Å². The Kier molecular flexibility index (Phi) is 16.1. The van der Waals surface area contributed by atoms with E-state index in [1.54, 1.807) is 0 Å². The van der Waals surface area contributed by atoms with E-state index in [9.17, 15) is 34.5 Å². The predicted octanol–water partition coefficient (Wildman–Crippen LogP) is -1.38. The topological polar surface area (TPSA) is 175 Å². The molecule has 3 N–H and O–H groups in total. The molecular weight excluding hydrogens is 444 g/mol. The van der Waals surface area contributed by atoms with E-state index in [-0.39, 0.29) is 19.8 Å². The molecule has 0 spiro atoms. The molecule has 0 rings (SSSR count). The fourth-order valence-electron chi connectivity index (χ4n) is 2.00. The van der Waals surface area contributed by atoms with Crippen LogP contribution in [0, 0.1) is 0 Å². The van der Waals surface area contributed by atoms with E-state index in [0.717, 1.165) is 18.2 Å². The molecule has 4 atom stereocenters. The van der Waals surface area contributed by atoms with Gasteiger partial charge < -0.3 is 39.0 Å². The fraction of sp³-hybridized carbons (Fsp3) is 0.524. The van der Waals surface area contributed by atoms with Gasteiger partial charge in [-0.05, 0) is 0 Å². The smallest absolute Gasteiger partial charge is 0.330 e. The Bertz CT molecular complexity index is 674. The Morgan fingerprint density at radius 3 is 1.52 bits per heavy atom. The average Bonchev–Trinajstić information content (AvgIpc) is 2.80. The summed E-state index contributed by atoms with van der Waals surface area (Å²) < 4.78 is 24.5. The predicted molar refractivity (Wildman–Crippen MR) is 112 cm³/mol. The standard InChI is InChI=1S/C21H30O12/c1-4-19(26)31-9-14(22)7-17(25)18(30-10-16(24)12-33-21(28)6-3)13-29-8-15(23)11-32-20(27)5-2/h4-6,14-16,18,22-24H,1-3,7-13H2. The first-order chi connectivity index (χ1) is 15.6. The Labute approximate surface area is 191 Å². The zero-order valence-corrected chi connectivity index (χ0v) is 18.1. The lowest BCUT2D eigenvalue weighted by Gasteiger charge is -2.21. The molecule has 0 saturated carbocycles. The summed E-state index contributed by atoms with van der Waals surface area (Å²) >= 11 is 0. The maximum Gasteiger partial charge on any atom is 0.330 e. The quantitative estimate of drug-likeness (QED) is 0.114. The first-order valence-corrected chi connectivity index (χ1v) is 9.76. The largest absolute Gasteiger partial charge is 0.460 e. The number of esters is 3. The highest BCUT2D eigenvalue weighted by atomic mass is 16.6. The van der Waals surface area contributed by atoms with Crippen LogP contribution in [-0.2, 0) is 42.9 Å². The van der Waals surface area contributed by atoms with Crippen LogP contribution in [0.25, 0.3) is 0 Å². The number of aliphatic hydroxyl groups excluding tert-OH is 3. The van der Waals surface area contributed by atoms with E-state index < -0.39 is 74.3 Å². The van der Waals surface area contributed by atoms with Crippen molar-refractivity contribution in [2.24, 2.45) is 0 Å². The lowest BCUT2D eigenvalue weighted by Crippen LogP contribution is -2.37. The molecule has 0 amide bonds. The Balaban J connectivity index is 4.76. The molecule has 0 aromatic carbocycles. The highest BCUT2D eigenvalue weighted by Gasteiger charge is 2.25. The minimum Gasteiger partial charge on any atom is -0.460 e. The van der Waals surface area contributed by atoms with Gasteiger partial charge in [0.1, 0.15) is 38.1 Å². The van der Waals surface area contributed by atoms with Gasteiger partial charge in [-0.2, -0.15) is 0 Å². The van der Waals surface area contributed by atoms with E-state index in [2.05, 4.69) is 33.9 Å². The minimum atomic E-state index is -1.34. The molecular formula is C21H30O12. The van der Waals surface area contributed by atoms with Crippen molar-refractivity contribution in [2.45, 2.75) is 30.8 Å². The molecule has 0 aromatic rings. The number of rotatable bonds is 19. The molecule has 0 fully saturated rings. The molecule has 33 heavy (non-hydrogen) atoms. The van der Waals surface area contributed by atoms with Crippen molar-refractivity contribution in [1.29, 1.82) is 0 Å². The zero-order chi connectivity index (χ0) is 25.2. The summed E-state index contributed by atoms with van der Waals surface area (Å²) in [6.07, 6.45) is -2.84. The van der Waals surface area contributed by atoms with E-state index in [0.29, 0.717) is 0 Å². The van der Waals surface area contributed by atoms with Crippen LogP contribution in [0.2, 0.25) is 0 Å². The van der Waals surface area contributed by atoms with Gasteiger partial charge in [-0.25, -0.2) is 14.4 Å². The number of aliphatic hydroxyl groups is 3. The highest BCUT2D eigenvalue weighted by molar-refractivity contribution is 5.84. The molecule has 0 radical (unpaired) electrons. The molecule has 4 unspecified atom stereocenters. The van der Waals surface area contributed by atoms with Gasteiger partial charge >= 0.3 is 17.9 Å². The number of ether oxygens (including phenoxy) is 5. The van der Waals surface area contributed by atoms with Crippen molar-refractivity contribution in [3.63, 3.8) is 0 Å². The summed E-state index contributed by atoms with van der Waals surface area (Å²) in [7, 11) is 0. The van der Waals surface area contributed by atoms with Gasteiger partial charge in [-0.3, -0.25) is 4.79 Å². The average molecular weight is 474 g/mol. The van der Waals surface area contributed by atoms with Crippen LogP contribution >= 0.6 is 0 Å². The minimum absolute atomic E-state index is 0.323. The Morgan fingerprint density at radius 1 is 0.636 bits per heavy atom. The third-order valence-electron chi connectivity index (χ3n) is 3.62. The number of ketones is 1. The van der Waals surface area contributed by atoms with Crippen LogP contribution in [-0.4, -0.2) is 103 Å². The number of carbonyl (C=O) groups is 4. The van der Waals surface area contributed by atoms with Gasteiger partial charge in [0.15, 0.2) is 5.78 Å². The van der Waals surface area contributed by atoms with Crippen molar-refractivity contribution in [1.82, 2.24) is 0 Å². The van der Waals surface area contributed by atoms with Crippen molar-refractivity contribution in [3.8, 4) is 0 Å². The van der Waals surface area contributed by atoms with Crippen LogP contribution in [0.15, 0.2) is 38.0 Å². The maximum atomic E-state index is 12.5. The molecule has 186 valence electrons. The van der Waals surface area contributed by atoms with E-state index in [4.69, 9.17) is 9.47 Å². The Morgan fingerprint density at radius 2 is 1.06 bits per heavy atom. The van der Waals surface area contributed by atoms with Crippen molar-refractivity contribution >= 4 is 23.7 Å². The van der Waals surface area contributed by atoms with Gasteiger partial charge in [-0.1, -0.05) is 19.7 Å². The van der Waals surface area contributed by atoms with Gasteiger partial charge in [0.2, 0.25) is 0 Å². The zero-order valence-electron chi connectivity index (χ0n) is 18.1. The molecule has 0 bridgehead atoms. The van der Waals surface area contributed by atoms with Crippen molar-refractivity contribution in [3.05, 3.63) is 38.0 Å². The summed E-state index contributed by atoms with van der Waals surface area (Å²) in [5.41, 5.74) is 0. The monoisotopic (exact) mass is 474 g/mol. The first kappa shape index (κ1) is 30.1. The second-order valence-electron chi connectivity index (χ2n) is 6.49. The van der Waals surface area contributed by atoms with Crippen LogP contribution in [0.3, 0.4) is 0 Å². The molecule has 0 aliphatic heterocycles. The van der Waals surface area contributed by atoms with Crippen molar-refractivity contribution < 1.29 is 58.2 Å². The molecule has 12 nitrogen and oxygen atoms in total. The SMILES string of the molecule is C=CC(=O)OCC(O)COCC(OCC(O)COC(=O)C=C)C(=O)CC(O)COC(=O)C=C. The molecule has 0 aliphatic rings. The second kappa shape index (κ2) is 17.6. The number of carbonyl (C=O) groups excluding carboxylic acids is 4. The molecule has 0 aliphatic carbocycles. The number of hydrogen-bond acceptors (Lipinski definition) is 12. The third kappa shape index (κ3) is 15.5. The third-order valence-corrected chi connectivity index (χ3v) is 3.62. The van der Waals surface area contributed by atoms with Crippen LogP contribution < -0.4 is 0 Å². The summed E-state index contributed by atoms with van der Waals surface area (Å²) in [5.74, 6) is -2.92. The Hall–Kier alpha value is -2.90. The van der Waals surface area contributed by atoms with E-state index in [1.165, 1.54) is 0 Å². The summed E-state index contributed by atoms with van der Waals surface area (Å²) in [6, 6.07) is 0. The lowest BCUT2D eigenvalue weighted by atomic mass is 10.1. The second-order valence-corrected chi connectivity index (χ2v) is 6.49. The normalized spacial score (nSPS) is 14.2. The number of hydrogen-bond donors (Lipinski definition) is 3. The molecule has 12 heteroatoms.